The van der Waals surface area contributed by atoms with Crippen molar-refractivity contribution in [2.45, 2.75) is 168 Å². The van der Waals surface area contributed by atoms with Crippen molar-refractivity contribution in [1.29, 1.82) is 0 Å². The normalized spacial score (nSPS) is 13.5. The third-order valence-electron chi connectivity index (χ3n) is 9.31. The topological polar surface area (TPSA) is 78.9 Å². The second-order valence-corrected chi connectivity index (χ2v) is 15.2. The molecule has 0 aliphatic rings. The van der Waals surface area contributed by atoms with Crippen molar-refractivity contribution in [3.8, 4) is 0 Å². The van der Waals surface area contributed by atoms with Crippen molar-refractivity contribution < 1.29 is 28.6 Å². The first-order valence-electron chi connectivity index (χ1n) is 24.2. The Labute approximate surface area is 384 Å². The lowest BCUT2D eigenvalue weighted by atomic mass is 10.1. The lowest BCUT2D eigenvalue weighted by molar-refractivity contribution is -0.167. The van der Waals surface area contributed by atoms with Crippen LogP contribution in [0.25, 0.3) is 0 Å². The molecule has 0 rings (SSSR count). The molecule has 0 saturated heterocycles. The average Bonchev–Trinajstić information content (AvgIpc) is 3.28. The molecule has 1 atom stereocenters. The first kappa shape index (κ1) is 58.0. The summed E-state index contributed by atoms with van der Waals surface area (Å²) in [5.41, 5.74) is 0. The molecule has 1 unspecified atom stereocenters. The molecule has 0 aromatic rings. The van der Waals surface area contributed by atoms with Gasteiger partial charge in [0.05, 0.1) is 0 Å². The van der Waals surface area contributed by atoms with Gasteiger partial charge in [-0.05, 0) is 77.0 Å². The number of unbranched alkanes of at least 4 members (excludes halogenated alkanes) is 13. The minimum Gasteiger partial charge on any atom is -0.462 e. The van der Waals surface area contributed by atoms with Crippen LogP contribution in [0.4, 0.5) is 0 Å². The molecule has 0 fully saturated rings. The molecule has 63 heavy (non-hydrogen) atoms. The first-order valence-corrected chi connectivity index (χ1v) is 24.2. The maximum Gasteiger partial charge on any atom is 0.306 e. The molecule has 0 aromatic carbocycles. The molecule has 0 bridgehead atoms. The molecule has 0 aliphatic carbocycles. The van der Waals surface area contributed by atoms with Gasteiger partial charge in [0.1, 0.15) is 13.2 Å². The number of rotatable bonds is 40. The Kier molecular flexibility index (Phi) is 45.8. The molecule has 0 saturated carbocycles. The first-order chi connectivity index (χ1) is 31.0. The van der Waals surface area contributed by atoms with Gasteiger partial charge in [-0.2, -0.15) is 0 Å². The Balaban J connectivity index is 4.60. The van der Waals surface area contributed by atoms with Crippen LogP contribution in [0.3, 0.4) is 0 Å². The van der Waals surface area contributed by atoms with Gasteiger partial charge in [-0.15, -0.1) is 0 Å². The summed E-state index contributed by atoms with van der Waals surface area (Å²) in [7, 11) is 0. The van der Waals surface area contributed by atoms with Crippen LogP contribution < -0.4 is 0 Å². The van der Waals surface area contributed by atoms with E-state index < -0.39 is 6.10 Å². The molecule has 0 aromatic heterocycles. The Morgan fingerprint density at radius 2 is 0.619 bits per heavy atom. The molecule has 0 amide bonds. The Morgan fingerprint density at radius 3 is 1.00 bits per heavy atom. The van der Waals surface area contributed by atoms with E-state index in [4.69, 9.17) is 14.2 Å². The monoisotopic (exact) mass is 865 g/mol. The largest absolute Gasteiger partial charge is 0.462 e. The highest BCUT2D eigenvalue weighted by Crippen LogP contribution is 2.12. The predicted molar refractivity (Wildman–Crippen MR) is 269 cm³/mol. The van der Waals surface area contributed by atoms with Crippen LogP contribution in [0.5, 0.6) is 0 Å². The van der Waals surface area contributed by atoms with E-state index in [-0.39, 0.29) is 44.0 Å². The zero-order valence-corrected chi connectivity index (χ0v) is 39.5. The number of allylic oxidation sites excluding steroid dienone is 26. The fraction of sp³-hybridized carbons (Fsp3) is 0.491. The predicted octanol–water partition coefficient (Wildman–Crippen LogP) is 15.9. The number of carbonyl (C=O) groups excluding carboxylic acids is 3. The lowest BCUT2D eigenvalue weighted by Gasteiger charge is -2.18. The maximum atomic E-state index is 12.8. The van der Waals surface area contributed by atoms with Crippen LogP contribution in [0.15, 0.2) is 158 Å². The SMILES string of the molecule is CC\C=C/C=C\C=C/C=C\C=C\C=C/C=C\CCCCCC(=O)OCC(COC(=O)CCCCC/C=C\C=C/CCCC)OC(=O)CCCCCCC\C=C/C=C\C=C/C=C\CC. The third-order valence-corrected chi connectivity index (χ3v) is 9.31. The zero-order chi connectivity index (χ0) is 45.8. The van der Waals surface area contributed by atoms with Crippen molar-refractivity contribution >= 4 is 17.9 Å². The summed E-state index contributed by atoms with van der Waals surface area (Å²) in [6, 6.07) is 0. The number of hydrogen-bond donors (Lipinski definition) is 0. The smallest absolute Gasteiger partial charge is 0.306 e. The van der Waals surface area contributed by atoms with E-state index in [0.717, 1.165) is 103 Å². The molecule has 0 spiro atoms. The summed E-state index contributed by atoms with van der Waals surface area (Å²) in [5, 5.41) is 0. The van der Waals surface area contributed by atoms with Gasteiger partial charge < -0.3 is 14.2 Å². The van der Waals surface area contributed by atoms with Gasteiger partial charge >= 0.3 is 17.9 Å². The Bertz CT molecular complexity index is 1510. The van der Waals surface area contributed by atoms with Gasteiger partial charge in [0.2, 0.25) is 0 Å². The molecule has 0 radical (unpaired) electrons. The van der Waals surface area contributed by atoms with E-state index in [1.54, 1.807) is 0 Å². The van der Waals surface area contributed by atoms with Crippen molar-refractivity contribution in [3.05, 3.63) is 158 Å². The third kappa shape index (κ3) is 47.9. The molecule has 6 nitrogen and oxygen atoms in total. The van der Waals surface area contributed by atoms with Crippen LogP contribution in [-0.4, -0.2) is 37.2 Å². The number of carbonyl (C=O) groups is 3. The highest BCUT2D eigenvalue weighted by atomic mass is 16.6. The molecule has 0 N–H and O–H groups in total. The minimum atomic E-state index is -0.827. The summed E-state index contributed by atoms with van der Waals surface area (Å²) in [4.78, 5) is 37.9. The van der Waals surface area contributed by atoms with E-state index >= 15 is 0 Å². The van der Waals surface area contributed by atoms with E-state index in [1.165, 1.54) is 12.8 Å². The summed E-state index contributed by atoms with van der Waals surface area (Å²) in [6.07, 6.45) is 72.2. The van der Waals surface area contributed by atoms with E-state index in [1.807, 2.05) is 97.2 Å². The fourth-order valence-electron chi connectivity index (χ4n) is 5.70. The van der Waals surface area contributed by atoms with Crippen LogP contribution >= 0.6 is 0 Å². The van der Waals surface area contributed by atoms with E-state index in [9.17, 15) is 14.4 Å². The molecular formula is C57H84O6. The Morgan fingerprint density at radius 1 is 0.333 bits per heavy atom. The number of hydrogen-bond acceptors (Lipinski definition) is 6. The Hall–Kier alpha value is -4.97. The molecule has 6 heteroatoms. The van der Waals surface area contributed by atoms with Gasteiger partial charge in [-0.25, -0.2) is 0 Å². The molecular weight excluding hydrogens is 781 g/mol. The quantitative estimate of drug-likeness (QED) is 0.0264. The van der Waals surface area contributed by atoms with Crippen LogP contribution in [0, 0.1) is 0 Å². The fourth-order valence-corrected chi connectivity index (χ4v) is 5.70. The summed E-state index contributed by atoms with van der Waals surface area (Å²) in [6.45, 7) is 6.17. The second kappa shape index (κ2) is 49.7. The highest BCUT2D eigenvalue weighted by Gasteiger charge is 2.19. The van der Waals surface area contributed by atoms with Crippen LogP contribution in [-0.2, 0) is 28.6 Å². The van der Waals surface area contributed by atoms with Crippen LogP contribution in [0.2, 0.25) is 0 Å². The highest BCUT2D eigenvalue weighted by molar-refractivity contribution is 5.71. The molecule has 0 aliphatic heterocycles. The van der Waals surface area contributed by atoms with E-state index in [2.05, 4.69) is 81.5 Å². The van der Waals surface area contributed by atoms with Gasteiger partial charge in [0.25, 0.3) is 0 Å². The van der Waals surface area contributed by atoms with Gasteiger partial charge in [-0.1, -0.05) is 224 Å². The summed E-state index contributed by atoms with van der Waals surface area (Å²) in [5.74, 6) is -1.04. The van der Waals surface area contributed by atoms with Gasteiger partial charge in [0, 0.05) is 19.3 Å². The second-order valence-electron chi connectivity index (χ2n) is 15.2. The molecule has 0 heterocycles. The van der Waals surface area contributed by atoms with Crippen molar-refractivity contribution in [2.24, 2.45) is 0 Å². The van der Waals surface area contributed by atoms with Crippen molar-refractivity contribution in [2.75, 3.05) is 13.2 Å². The summed E-state index contributed by atoms with van der Waals surface area (Å²) < 4.78 is 16.7. The molecule has 348 valence electrons. The number of esters is 3. The standard InChI is InChI=1S/C57H84O6/c1-4-7-10-13-16-19-22-24-26-27-28-29-31-32-35-38-41-44-47-50-56(59)62-53-54(52-61-55(58)49-46-43-40-37-34-21-18-15-12-9-6-3)63-57(60)51-48-45-42-39-36-33-30-25-23-20-17-14-11-8-5-2/h7-8,10-11,13-32,34-35,54H,4-6,9,12,33,36-53H2,1-3H3/b10-7-,11-8-,16-13-,17-14-,18-15-,22-19-,23-20-,26-24-,28-27+,30-25-,31-29-,34-21-,35-32-. The maximum absolute atomic E-state index is 12.8. The average molecular weight is 865 g/mol. The van der Waals surface area contributed by atoms with Gasteiger partial charge in [0.15, 0.2) is 6.10 Å². The lowest BCUT2D eigenvalue weighted by Crippen LogP contribution is -2.30. The van der Waals surface area contributed by atoms with Crippen LogP contribution in [0.1, 0.15) is 162 Å². The zero-order valence-electron chi connectivity index (χ0n) is 39.5. The van der Waals surface area contributed by atoms with Crippen molar-refractivity contribution in [3.63, 3.8) is 0 Å². The minimum absolute atomic E-state index is 0.125. The number of ether oxygens (including phenoxy) is 3. The summed E-state index contributed by atoms with van der Waals surface area (Å²) >= 11 is 0. The van der Waals surface area contributed by atoms with E-state index in [0.29, 0.717) is 12.8 Å². The van der Waals surface area contributed by atoms with Gasteiger partial charge in [-0.3, -0.25) is 14.4 Å². The van der Waals surface area contributed by atoms with Crippen molar-refractivity contribution in [1.82, 2.24) is 0 Å².